The number of rotatable bonds is 2. The summed E-state index contributed by atoms with van der Waals surface area (Å²) in [5.74, 6) is -0.331. The number of halogens is 1. The number of aliphatic hydroxyl groups is 1. The molecule has 1 aliphatic heterocycles. The van der Waals surface area contributed by atoms with E-state index in [1.54, 1.807) is 16.2 Å². The van der Waals surface area contributed by atoms with Gasteiger partial charge in [0.25, 0.3) is 5.91 Å². The lowest BCUT2D eigenvalue weighted by molar-refractivity contribution is 0.0384. The Morgan fingerprint density at radius 1 is 1.39 bits per heavy atom. The highest BCUT2D eigenvalue weighted by atomic mass is 35.5. The maximum atomic E-state index is 12.6. The molecule has 0 radical (unpaired) electrons. The van der Waals surface area contributed by atoms with Gasteiger partial charge in [-0.2, -0.15) is 0 Å². The van der Waals surface area contributed by atoms with Gasteiger partial charge in [0.2, 0.25) is 0 Å². The monoisotopic (exact) mass is 351 g/mol. The summed E-state index contributed by atoms with van der Waals surface area (Å²) in [6.07, 6.45) is 0.0987. The lowest BCUT2D eigenvalue weighted by atomic mass is 9.90. The van der Waals surface area contributed by atoms with Gasteiger partial charge in [0.15, 0.2) is 0 Å². The lowest BCUT2D eigenvalue weighted by Crippen LogP contribution is -2.45. The van der Waals surface area contributed by atoms with E-state index in [4.69, 9.17) is 11.6 Å². The summed E-state index contributed by atoms with van der Waals surface area (Å²) < 4.78 is 0. The van der Waals surface area contributed by atoms with E-state index in [1.165, 1.54) is 28.6 Å². The SMILES string of the molecule is Cc1ccsc1[C@@H]1CCN(C(=O)c2cc(Cl)ccc2O)C[C@H]1O. The Hall–Kier alpha value is -1.56. The Morgan fingerprint density at radius 2 is 2.17 bits per heavy atom. The van der Waals surface area contributed by atoms with Crippen molar-refractivity contribution in [2.24, 2.45) is 0 Å². The normalized spacial score (nSPS) is 21.4. The summed E-state index contributed by atoms with van der Waals surface area (Å²) in [4.78, 5) is 15.3. The van der Waals surface area contributed by atoms with Crippen LogP contribution in [0.4, 0.5) is 0 Å². The van der Waals surface area contributed by atoms with Gasteiger partial charge in [-0.1, -0.05) is 11.6 Å². The van der Waals surface area contributed by atoms with E-state index in [-0.39, 0.29) is 29.7 Å². The Bertz CT molecular complexity index is 730. The molecule has 0 saturated carbocycles. The number of nitrogens with zero attached hydrogens (tertiary/aromatic N) is 1. The Balaban J connectivity index is 1.76. The summed E-state index contributed by atoms with van der Waals surface area (Å²) in [6.45, 7) is 2.84. The molecule has 1 amide bonds. The molecule has 1 aromatic heterocycles. The summed E-state index contributed by atoms with van der Waals surface area (Å²) >= 11 is 7.56. The third kappa shape index (κ3) is 3.22. The van der Waals surface area contributed by atoms with Crippen LogP contribution >= 0.6 is 22.9 Å². The van der Waals surface area contributed by atoms with Gasteiger partial charge in [0.1, 0.15) is 5.75 Å². The second kappa shape index (κ2) is 6.51. The van der Waals surface area contributed by atoms with Crippen LogP contribution in [0.5, 0.6) is 5.75 Å². The van der Waals surface area contributed by atoms with Crippen LogP contribution in [0.2, 0.25) is 5.02 Å². The average molecular weight is 352 g/mol. The molecule has 1 fully saturated rings. The number of likely N-dealkylation sites (tertiary alicyclic amines) is 1. The van der Waals surface area contributed by atoms with E-state index < -0.39 is 6.10 Å². The van der Waals surface area contributed by atoms with Crippen molar-refractivity contribution in [1.29, 1.82) is 0 Å². The molecule has 1 aliphatic rings. The fourth-order valence-electron chi connectivity index (χ4n) is 3.04. The van der Waals surface area contributed by atoms with Gasteiger partial charge in [0.05, 0.1) is 11.7 Å². The van der Waals surface area contributed by atoms with Crippen molar-refractivity contribution in [2.45, 2.75) is 25.4 Å². The first-order valence-electron chi connectivity index (χ1n) is 7.47. The number of aromatic hydroxyl groups is 1. The first-order valence-corrected chi connectivity index (χ1v) is 8.73. The zero-order valence-electron chi connectivity index (χ0n) is 12.7. The van der Waals surface area contributed by atoms with Gasteiger partial charge in [-0.3, -0.25) is 4.79 Å². The van der Waals surface area contributed by atoms with Crippen LogP contribution in [0.25, 0.3) is 0 Å². The predicted molar refractivity (Wildman–Crippen MR) is 91.4 cm³/mol. The number of phenols is 1. The van der Waals surface area contributed by atoms with E-state index in [2.05, 4.69) is 0 Å². The second-order valence-electron chi connectivity index (χ2n) is 5.84. The van der Waals surface area contributed by atoms with Crippen LogP contribution in [0.1, 0.15) is 33.1 Å². The Labute approximate surface area is 143 Å². The van der Waals surface area contributed by atoms with Crippen molar-refractivity contribution in [3.8, 4) is 5.75 Å². The number of piperidine rings is 1. The van der Waals surface area contributed by atoms with Crippen LogP contribution in [-0.4, -0.2) is 40.2 Å². The topological polar surface area (TPSA) is 60.8 Å². The van der Waals surface area contributed by atoms with Gasteiger partial charge in [-0.05, 0) is 48.6 Å². The molecule has 0 bridgehead atoms. The van der Waals surface area contributed by atoms with Crippen LogP contribution in [-0.2, 0) is 0 Å². The third-order valence-electron chi connectivity index (χ3n) is 4.30. The number of β-amino-alcohol motifs (C(OH)–C–C–N with tert-alkyl or cyclic N) is 1. The number of aryl methyl sites for hydroxylation is 1. The zero-order chi connectivity index (χ0) is 16.6. The number of hydrogen-bond acceptors (Lipinski definition) is 4. The van der Waals surface area contributed by atoms with Crippen molar-refractivity contribution in [3.05, 3.63) is 50.7 Å². The molecule has 2 N–H and O–H groups in total. The molecule has 2 heterocycles. The number of carbonyl (C=O) groups excluding carboxylic acids is 1. The van der Waals surface area contributed by atoms with E-state index in [0.717, 1.165) is 0 Å². The van der Waals surface area contributed by atoms with Gasteiger partial charge >= 0.3 is 0 Å². The predicted octanol–water partition coefficient (Wildman–Crippen LogP) is 3.41. The van der Waals surface area contributed by atoms with Crippen LogP contribution < -0.4 is 0 Å². The maximum absolute atomic E-state index is 12.6. The third-order valence-corrected chi connectivity index (χ3v) is 5.68. The van der Waals surface area contributed by atoms with Gasteiger partial charge < -0.3 is 15.1 Å². The van der Waals surface area contributed by atoms with Crippen LogP contribution in [0, 0.1) is 6.92 Å². The van der Waals surface area contributed by atoms with Crippen molar-refractivity contribution in [2.75, 3.05) is 13.1 Å². The van der Waals surface area contributed by atoms with Crippen LogP contribution in [0.15, 0.2) is 29.6 Å². The fourth-order valence-corrected chi connectivity index (χ4v) is 4.33. The van der Waals surface area contributed by atoms with E-state index in [9.17, 15) is 15.0 Å². The van der Waals surface area contributed by atoms with Gasteiger partial charge in [-0.25, -0.2) is 0 Å². The van der Waals surface area contributed by atoms with Crippen molar-refractivity contribution in [3.63, 3.8) is 0 Å². The molecule has 1 saturated heterocycles. The maximum Gasteiger partial charge on any atom is 0.257 e. The number of phenolic OH excluding ortho intramolecular Hbond substituents is 1. The van der Waals surface area contributed by atoms with Crippen LogP contribution in [0.3, 0.4) is 0 Å². The zero-order valence-corrected chi connectivity index (χ0v) is 14.3. The lowest BCUT2D eigenvalue weighted by Gasteiger charge is -2.36. The highest BCUT2D eigenvalue weighted by Crippen LogP contribution is 2.35. The highest BCUT2D eigenvalue weighted by molar-refractivity contribution is 7.10. The van der Waals surface area contributed by atoms with E-state index >= 15 is 0 Å². The molecular weight excluding hydrogens is 334 g/mol. The summed E-state index contributed by atoms with van der Waals surface area (Å²) in [5, 5.41) is 22.8. The molecule has 0 spiro atoms. The Morgan fingerprint density at radius 3 is 2.83 bits per heavy atom. The number of carbonyl (C=O) groups is 1. The minimum Gasteiger partial charge on any atom is -0.507 e. The molecular formula is C17H18ClNO3S. The fraction of sp³-hybridized carbons (Fsp3) is 0.353. The molecule has 3 rings (SSSR count). The molecule has 4 nitrogen and oxygen atoms in total. The van der Waals surface area contributed by atoms with Crippen molar-refractivity contribution in [1.82, 2.24) is 4.90 Å². The second-order valence-corrected chi connectivity index (χ2v) is 7.23. The smallest absolute Gasteiger partial charge is 0.257 e. The number of benzene rings is 1. The summed E-state index contributed by atoms with van der Waals surface area (Å²) in [7, 11) is 0. The first kappa shape index (κ1) is 16.3. The van der Waals surface area contributed by atoms with Gasteiger partial charge in [0, 0.05) is 28.9 Å². The average Bonchev–Trinajstić information content (AvgIpc) is 2.95. The minimum atomic E-state index is -0.605. The molecule has 122 valence electrons. The quantitative estimate of drug-likeness (QED) is 0.871. The van der Waals surface area contributed by atoms with E-state index in [0.29, 0.717) is 18.0 Å². The molecule has 0 unspecified atom stereocenters. The standard InChI is InChI=1S/C17H18ClNO3S/c1-10-5-7-23-16(10)12-4-6-19(9-15(12)21)17(22)13-8-11(18)2-3-14(13)20/h2-3,5,7-8,12,15,20-21H,4,6,9H2,1H3/t12-,15-/m1/s1. The molecule has 0 aliphatic carbocycles. The minimum absolute atomic E-state index is 0.0620. The molecule has 23 heavy (non-hydrogen) atoms. The molecule has 2 atom stereocenters. The van der Waals surface area contributed by atoms with E-state index in [1.807, 2.05) is 18.4 Å². The number of thiophene rings is 1. The first-order chi connectivity index (χ1) is 11.0. The number of hydrogen-bond donors (Lipinski definition) is 2. The highest BCUT2D eigenvalue weighted by Gasteiger charge is 2.33. The number of aliphatic hydroxyl groups excluding tert-OH is 1. The molecule has 2 aromatic rings. The molecule has 1 aromatic carbocycles. The van der Waals surface area contributed by atoms with Crippen molar-refractivity contribution < 1.29 is 15.0 Å². The van der Waals surface area contributed by atoms with Gasteiger partial charge in [-0.15, -0.1) is 11.3 Å². The number of amides is 1. The molecule has 6 heteroatoms. The summed E-state index contributed by atoms with van der Waals surface area (Å²) in [6, 6.07) is 6.46. The van der Waals surface area contributed by atoms with Crippen molar-refractivity contribution >= 4 is 28.8 Å². The largest absolute Gasteiger partial charge is 0.507 e. The Kier molecular flexibility index (Phi) is 4.62. The summed E-state index contributed by atoms with van der Waals surface area (Å²) in [5.41, 5.74) is 1.36.